The number of phenols is 1. The Bertz CT molecular complexity index is 2760. The van der Waals surface area contributed by atoms with E-state index in [0.717, 1.165) is 31.2 Å². The Hall–Kier alpha value is -5.00. The van der Waals surface area contributed by atoms with Crippen LogP contribution in [0.15, 0.2) is 93.5 Å². The monoisotopic (exact) mass is 808 g/mol. The number of thiol groups is 1. The summed E-state index contributed by atoms with van der Waals surface area (Å²) < 4.78 is 159. The quantitative estimate of drug-likeness (QED) is 0.0494. The lowest BCUT2D eigenvalue weighted by Gasteiger charge is -2.13. The molecule has 4 aromatic rings. The van der Waals surface area contributed by atoms with Gasteiger partial charge in [-0.2, -0.15) is 33.7 Å². The van der Waals surface area contributed by atoms with Gasteiger partial charge in [-0.3, -0.25) is 23.0 Å². The maximum absolute atomic E-state index is 12.5. The van der Waals surface area contributed by atoms with Crippen LogP contribution < -0.4 is 11.1 Å². The average molecular weight is 809 g/mol. The van der Waals surface area contributed by atoms with Gasteiger partial charge in [-0.15, -0.1) is 20.5 Å². The number of nitrogen functional groups attached to an aromatic ring is 1. The molecule has 0 atom stereocenters. The van der Waals surface area contributed by atoms with Crippen LogP contribution in [0.5, 0.6) is 5.75 Å². The molecule has 0 aliphatic rings. The van der Waals surface area contributed by atoms with E-state index in [2.05, 4.69) is 20.5 Å². The number of benzene rings is 4. The highest BCUT2D eigenvalue weighted by Crippen LogP contribution is 2.46. The Balaban J connectivity index is 2.01. The number of nitrogens with one attached hydrogen (secondary N) is 1. The Labute approximate surface area is 288 Å². The Morgan fingerprint density at radius 2 is 1.18 bits per heavy atom. The molecule has 0 aromatic heterocycles. The number of rotatable bonds is 10. The van der Waals surface area contributed by atoms with E-state index in [-0.39, 0.29) is 11.1 Å². The molecule has 0 saturated heterocycles. The highest BCUT2D eigenvalue weighted by Gasteiger charge is 2.27. The number of phenolic OH excluding ortho intramolecular Hbond substituents is 1. The number of hydrogen-bond donors (Lipinski definition) is 8. The van der Waals surface area contributed by atoms with Crippen LogP contribution in [0.1, 0.15) is 6.92 Å². The number of amides is 1. The van der Waals surface area contributed by atoms with Gasteiger partial charge < -0.3 is 16.2 Å². The number of hydrogen-bond acceptors (Lipinski definition) is 17. The summed E-state index contributed by atoms with van der Waals surface area (Å²) in [5.41, 5.74) is 1.51. The molecule has 0 bridgehead atoms. The minimum absolute atomic E-state index is 0.302. The van der Waals surface area contributed by atoms with Crippen LogP contribution in [0.4, 0.5) is 34.1 Å². The topological polar surface area (TPSA) is 376 Å². The largest absolute Gasteiger partial charge is 0.505 e. The van der Waals surface area contributed by atoms with Gasteiger partial charge >= 0.3 is 0 Å². The molecule has 0 aliphatic carbocycles. The van der Waals surface area contributed by atoms with Crippen LogP contribution in [0, 0.1) is 0 Å². The fraction of sp³-hybridized carbons (Fsp3) is 0.0417. The maximum atomic E-state index is 12.5. The van der Waals surface area contributed by atoms with E-state index in [1.54, 1.807) is 0 Å². The van der Waals surface area contributed by atoms with E-state index in [0.29, 0.717) is 24.3 Å². The third kappa shape index (κ3) is 8.49. The lowest BCUT2D eigenvalue weighted by atomic mass is 10.1. The summed E-state index contributed by atoms with van der Waals surface area (Å²) >= 11 is 0. The fourth-order valence-corrected chi connectivity index (χ4v) is 7.37. The molecular weight excluding hydrogens is 789 g/mol. The number of anilines is 2. The zero-order valence-corrected chi connectivity index (χ0v) is 29.0. The van der Waals surface area contributed by atoms with Gasteiger partial charge in [0.25, 0.3) is 40.5 Å². The number of nitrogens with zero attached hydrogens (tertiary/aromatic N) is 4. The molecule has 4 aromatic carbocycles. The molecule has 272 valence electrons. The van der Waals surface area contributed by atoms with Crippen molar-refractivity contribution in [1.29, 1.82) is 0 Å². The summed E-state index contributed by atoms with van der Waals surface area (Å²) in [6.07, 6.45) is 0. The van der Waals surface area contributed by atoms with Gasteiger partial charge in [0.15, 0.2) is 16.5 Å². The molecule has 8 N–H and O–H groups in total. The molecule has 0 unspecified atom stereocenters. The van der Waals surface area contributed by atoms with Crippen molar-refractivity contribution >= 4 is 102 Å². The van der Waals surface area contributed by atoms with Crippen LogP contribution in [0.3, 0.4) is 0 Å². The van der Waals surface area contributed by atoms with E-state index < -0.39 is 121 Å². The zero-order chi connectivity index (χ0) is 38.4. The summed E-state index contributed by atoms with van der Waals surface area (Å²) in [6.45, 7) is 0.892. The molecule has 1 amide bonds. The van der Waals surface area contributed by atoms with Gasteiger partial charge in [0.05, 0.1) is 16.3 Å². The maximum Gasteiger partial charge on any atom is 0.296 e. The number of nitrogens with two attached hydrogens (primary N) is 1. The van der Waals surface area contributed by atoms with Gasteiger partial charge in [0.2, 0.25) is 5.91 Å². The molecule has 0 spiro atoms. The fourth-order valence-electron chi connectivity index (χ4n) is 4.27. The van der Waals surface area contributed by atoms with Crippen LogP contribution in [0.2, 0.25) is 0 Å². The van der Waals surface area contributed by atoms with Crippen molar-refractivity contribution in [3.05, 3.63) is 48.5 Å². The molecule has 22 nitrogen and oxygen atoms in total. The van der Waals surface area contributed by atoms with Gasteiger partial charge in [-0.05, 0) is 48.5 Å². The summed E-state index contributed by atoms with van der Waals surface area (Å²) in [7, 11) is -24.4. The average Bonchev–Trinajstić information content (AvgIpc) is 2.97. The van der Waals surface area contributed by atoms with Crippen molar-refractivity contribution in [1.82, 2.24) is 0 Å². The second-order valence-corrected chi connectivity index (χ2v) is 16.5. The van der Waals surface area contributed by atoms with Crippen molar-refractivity contribution in [2.45, 2.75) is 31.4 Å². The number of aromatic hydroxyl groups is 1. The van der Waals surface area contributed by atoms with Crippen LogP contribution in [-0.4, -0.2) is 71.3 Å². The van der Waals surface area contributed by atoms with Crippen LogP contribution in [0.25, 0.3) is 10.8 Å². The summed E-state index contributed by atoms with van der Waals surface area (Å²) in [6, 6.07) is 5.80. The second kappa shape index (κ2) is 13.6. The molecule has 0 heterocycles. The molecular formula is C24H20N6O16S5. The highest BCUT2D eigenvalue weighted by atomic mass is 32.2. The summed E-state index contributed by atoms with van der Waals surface area (Å²) in [5, 5.41) is 26.5. The summed E-state index contributed by atoms with van der Waals surface area (Å²) in [4.78, 5) is 6.37. The minimum atomic E-state index is -5.43. The van der Waals surface area contributed by atoms with Gasteiger partial charge in [0.1, 0.15) is 42.3 Å². The number of carbonyl (C=O) groups is 1. The predicted octanol–water partition coefficient (Wildman–Crippen LogP) is 2.87. The lowest BCUT2D eigenvalue weighted by molar-refractivity contribution is -0.114. The van der Waals surface area contributed by atoms with Crippen molar-refractivity contribution in [2.24, 2.45) is 20.5 Å². The van der Waals surface area contributed by atoms with E-state index in [4.69, 9.17) is 5.73 Å². The first-order valence-corrected chi connectivity index (χ1v) is 19.8. The molecule has 51 heavy (non-hydrogen) atoms. The first-order chi connectivity index (χ1) is 23.3. The van der Waals surface area contributed by atoms with Gasteiger partial charge in [-0.25, -0.2) is 8.42 Å². The predicted molar refractivity (Wildman–Crippen MR) is 173 cm³/mol. The first-order valence-electron chi connectivity index (χ1n) is 12.9. The Morgan fingerprint density at radius 3 is 1.71 bits per heavy atom. The van der Waals surface area contributed by atoms with Crippen molar-refractivity contribution in [3.63, 3.8) is 0 Å². The van der Waals surface area contributed by atoms with Gasteiger partial charge in [0, 0.05) is 17.7 Å². The van der Waals surface area contributed by atoms with Crippen molar-refractivity contribution in [2.75, 3.05) is 11.1 Å². The second-order valence-electron chi connectivity index (χ2n) is 9.88. The molecule has 0 saturated carbocycles. The lowest BCUT2D eigenvalue weighted by Crippen LogP contribution is -2.12. The van der Waals surface area contributed by atoms with E-state index in [1.165, 1.54) is 0 Å². The first kappa shape index (κ1) is 38.8. The molecule has 0 radical (unpaired) electrons. The van der Waals surface area contributed by atoms with Crippen molar-refractivity contribution < 1.29 is 70.2 Å². The van der Waals surface area contributed by atoms with Crippen LogP contribution >= 0.6 is 0 Å². The SMILES string of the molecule is CC(=O)Nc1cc(S(=O)(=O)O)c(N=Nc2c(S(=O)(=O)O)cc3c(N=Nc4ccc([SH](=O)=O)cc4S(=O)(=O)O)c(N)ccc3c2O)cc1S(=O)(=O)O. The van der Waals surface area contributed by atoms with Crippen molar-refractivity contribution in [3.8, 4) is 5.75 Å². The molecule has 27 heteroatoms. The molecule has 0 fully saturated rings. The van der Waals surface area contributed by atoms with Crippen LogP contribution in [-0.2, 0) is 56.0 Å². The normalized spacial score (nSPS) is 13.1. The Morgan fingerprint density at radius 1 is 0.647 bits per heavy atom. The standard InChI is InChI=1S/C24H20N6O16S5/c1-10(31)26-16-8-20(50(41,42)43)17(9-19(16)49(38,39)40)28-30-23-21(51(44,45)46)7-13-12(24(23)32)3-4-14(25)22(13)29-27-15-5-2-11(47(33)34)6-18(15)48(35,36)37/h2-9,32,47H,25H2,1H3,(H,26,31)(H,35,36,37)(H,38,39,40)(H,41,42,43)(H,44,45,46). The van der Waals surface area contributed by atoms with E-state index in [9.17, 15) is 70.2 Å². The number of azo groups is 2. The molecule has 0 aliphatic heterocycles. The Kier molecular flexibility index (Phi) is 10.4. The third-order valence-electron chi connectivity index (χ3n) is 6.39. The minimum Gasteiger partial charge on any atom is -0.505 e. The number of carbonyl (C=O) groups excluding carboxylic acids is 1. The summed E-state index contributed by atoms with van der Waals surface area (Å²) in [5.74, 6) is -2.07. The van der Waals surface area contributed by atoms with E-state index in [1.807, 2.05) is 5.32 Å². The highest BCUT2D eigenvalue weighted by molar-refractivity contribution is 7.87. The van der Waals surface area contributed by atoms with Gasteiger partial charge in [-0.1, -0.05) is 0 Å². The third-order valence-corrected chi connectivity index (χ3v) is 10.6. The smallest absolute Gasteiger partial charge is 0.296 e. The van der Waals surface area contributed by atoms with E-state index >= 15 is 0 Å². The molecule has 4 rings (SSSR count). The number of fused-ring (bicyclic) bond motifs is 1. The zero-order valence-electron chi connectivity index (χ0n) is 24.8.